The molecular formula is C26H32ClNO6. The summed E-state index contributed by atoms with van der Waals surface area (Å²) < 4.78 is 11.8. The number of pyridine rings is 1. The third kappa shape index (κ3) is 5.43. The van der Waals surface area contributed by atoms with Gasteiger partial charge in [0.1, 0.15) is 6.10 Å². The van der Waals surface area contributed by atoms with E-state index in [1.165, 1.54) is 0 Å². The minimum atomic E-state index is -1.27. The lowest BCUT2D eigenvalue weighted by atomic mass is 9.75. The van der Waals surface area contributed by atoms with Crippen LogP contribution < -0.4 is 0 Å². The van der Waals surface area contributed by atoms with Gasteiger partial charge in [-0.1, -0.05) is 24.6 Å². The van der Waals surface area contributed by atoms with E-state index in [1.54, 1.807) is 31.3 Å². The first kappa shape index (κ1) is 25.0. The highest BCUT2D eigenvalue weighted by atomic mass is 35.5. The van der Waals surface area contributed by atoms with Gasteiger partial charge in [0.15, 0.2) is 5.78 Å². The Balaban J connectivity index is 1.59. The number of epoxide rings is 1. The predicted molar refractivity (Wildman–Crippen MR) is 127 cm³/mol. The molecule has 184 valence electrons. The summed E-state index contributed by atoms with van der Waals surface area (Å²) in [7, 11) is 0. The lowest BCUT2D eigenvalue weighted by molar-refractivity contribution is -0.149. The Labute approximate surface area is 204 Å². The number of Topliss-reactive ketones (excluding diaryl/α,β-unsaturated/α-hetero) is 1. The minimum absolute atomic E-state index is 0.0671. The minimum Gasteiger partial charge on any atom is -0.458 e. The van der Waals surface area contributed by atoms with Gasteiger partial charge in [-0.2, -0.15) is 0 Å². The Bertz CT molecular complexity index is 1010. The Morgan fingerprint density at radius 3 is 2.76 bits per heavy atom. The fourth-order valence-corrected chi connectivity index (χ4v) is 5.13. The topological polar surface area (TPSA) is 109 Å². The molecule has 1 aliphatic carbocycles. The molecule has 0 aromatic carbocycles. The zero-order valence-electron chi connectivity index (χ0n) is 19.7. The lowest BCUT2D eigenvalue weighted by Crippen LogP contribution is -2.40. The molecule has 0 spiro atoms. The van der Waals surface area contributed by atoms with E-state index in [2.05, 4.69) is 11.9 Å². The fraction of sp³-hybridized carbons (Fsp3) is 0.577. The molecule has 0 amide bonds. The molecular weight excluding hydrogens is 458 g/mol. The monoisotopic (exact) mass is 489 g/mol. The van der Waals surface area contributed by atoms with E-state index < -0.39 is 30.2 Å². The van der Waals surface area contributed by atoms with Gasteiger partial charge >= 0.3 is 5.97 Å². The number of ketones is 1. The van der Waals surface area contributed by atoms with Gasteiger partial charge in [-0.05, 0) is 56.9 Å². The maximum absolute atomic E-state index is 12.8. The summed E-state index contributed by atoms with van der Waals surface area (Å²) in [6, 6.07) is 3.52. The number of esters is 1. The van der Waals surface area contributed by atoms with Gasteiger partial charge in [0, 0.05) is 30.0 Å². The van der Waals surface area contributed by atoms with Crippen molar-refractivity contribution in [3.63, 3.8) is 0 Å². The molecule has 2 bridgehead atoms. The van der Waals surface area contributed by atoms with Crippen LogP contribution in [0.2, 0.25) is 5.02 Å². The first-order chi connectivity index (χ1) is 16.1. The number of ether oxygens (including phenoxy) is 2. The van der Waals surface area contributed by atoms with Gasteiger partial charge in [-0.3, -0.25) is 14.6 Å². The Morgan fingerprint density at radius 1 is 1.29 bits per heavy atom. The number of carbonyl (C=O) groups is 2. The highest BCUT2D eigenvalue weighted by Gasteiger charge is 2.53. The van der Waals surface area contributed by atoms with E-state index in [0.29, 0.717) is 23.6 Å². The van der Waals surface area contributed by atoms with Crippen molar-refractivity contribution in [1.82, 2.24) is 4.98 Å². The lowest BCUT2D eigenvalue weighted by Gasteiger charge is -2.32. The highest BCUT2D eigenvalue weighted by Crippen LogP contribution is 2.45. The molecule has 34 heavy (non-hydrogen) atoms. The molecule has 7 atom stereocenters. The van der Waals surface area contributed by atoms with Crippen LogP contribution in [0.1, 0.15) is 58.6 Å². The average Bonchev–Trinajstić information content (AvgIpc) is 3.42. The summed E-state index contributed by atoms with van der Waals surface area (Å²) >= 11 is 5.93. The molecule has 0 saturated carbocycles. The van der Waals surface area contributed by atoms with E-state index in [1.807, 2.05) is 13.0 Å². The summed E-state index contributed by atoms with van der Waals surface area (Å²) in [6.45, 7) is 5.59. The number of fused-ring (bicyclic) bond motifs is 2. The van der Waals surface area contributed by atoms with Crippen LogP contribution in [-0.4, -0.2) is 57.0 Å². The van der Waals surface area contributed by atoms with Crippen molar-refractivity contribution in [2.45, 2.75) is 82.9 Å². The molecule has 2 aliphatic heterocycles. The average molecular weight is 490 g/mol. The van der Waals surface area contributed by atoms with Crippen LogP contribution in [0.3, 0.4) is 0 Å². The Hall–Kier alpha value is -2.06. The fourth-order valence-electron chi connectivity index (χ4n) is 5.02. The number of carbonyl (C=O) groups excluding carboxylic acids is 2. The van der Waals surface area contributed by atoms with Crippen molar-refractivity contribution in [2.75, 3.05) is 0 Å². The maximum atomic E-state index is 12.8. The summed E-state index contributed by atoms with van der Waals surface area (Å²) in [5.41, 5.74) is 1.36. The van der Waals surface area contributed by atoms with Crippen LogP contribution >= 0.6 is 11.6 Å². The number of nitrogens with zero attached hydrogens (tertiary/aromatic N) is 1. The summed E-state index contributed by atoms with van der Waals surface area (Å²) in [6.07, 6.45) is 4.77. The molecule has 0 radical (unpaired) electrons. The van der Waals surface area contributed by atoms with Crippen LogP contribution in [0.4, 0.5) is 0 Å². The third-order valence-corrected chi connectivity index (χ3v) is 7.57. The molecule has 1 aromatic rings. The number of rotatable bonds is 2. The van der Waals surface area contributed by atoms with Crippen molar-refractivity contribution in [3.8, 4) is 0 Å². The second-order valence-corrected chi connectivity index (χ2v) is 10.4. The number of hydrogen-bond acceptors (Lipinski definition) is 7. The van der Waals surface area contributed by atoms with E-state index in [-0.39, 0.29) is 35.4 Å². The van der Waals surface area contributed by atoms with Crippen molar-refractivity contribution in [3.05, 3.63) is 46.3 Å². The van der Waals surface area contributed by atoms with E-state index in [9.17, 15) is 19.8 Å². The number of aliphatic hydroxyl groups excluding tert-OH is 2. The molecule has 3 heterocycles. The molecule has 8 heteroatoms. The van der Waals surface area contributed by atoms with Crippen LogP contribution in [0.5, 0.6) is 0 Å². The highest BCUT2D eigenvalue weighted by molar-refractivity contribution is 6.30. The first-order valence-electron chi connectivity index (χ1n) is 11.9. The van der Waals surface area contributed by atoms with Crippen LogP contribution in [0.15, 0.2) is 35.6 Å². The SMILES string of the molecule is C/C(=C\c1ccc(Cl)cn1)[C@@H]1C[C@@H]2O[C@]2(C)CCC[C@@H]2C=C(C(=O)[C@H](C)[C@H]2O)[C@@H](O)CC(=O)O1. The second kappa shape index (κ2) is 9.90. The number of cyclic esters (lactones) is 1. The number of aliphatic hydroxyl groups is 2. The van der Waals surface area contributed by atoms with Crippen molar-refractivity contribution >= 4 is 29.4 Å². The summed E-state index contributed by atoms with van der Waals surface area (Å²) in [5, 5.41) is 21.8. The molecule has 1 saturated heterocycles. The molecule has 1 fully saturated rings. The van der Waals surface area contributed by atoms with Gasteiger partial charge in [0.2, 0.25) is 0 Å². The van der Waals surface area contributed by atoms with Crippen molar-refractivity contribution in [1.29, 1.82) is 0 Å². The summed E-state index contributed by atoms with van der Waals surface area (Å²) in [5.74, 6) is -1.80. The second-order valence-electron chi connectivity index (χ2n) is 9.96. The van der Waals surface area contributed by atoms with Gasteiger partial charge in [0.25, 0.3) is 0 Å². The molecule has 4 rings (SSSR count). The number of hydrogen-bond donors (Lipinski definition) is 2. The molecule has 7 nitrogen and oxygen atoms in total. The van der Waals surface area contributed by atoms with Gasteiger partial charge < -0.3 is 19.7 Å². The van der Waals surface area contributed by atoms with Gasteiger partial charge in [0.05, 0.1) is 41.1 Å². The van der Waals surface area contributed by atoms with Crippen molar-refractivity contribution < 1.29 is 29.3 Å². The first-order valence-corrected chi connectivity index (χ1v) is 12.2. The van der Waals surface area contributed by atoms with Crippen molar-refractivity contribution in [2.24, 2.45) is 11.8 Å². The Morgan fingerprint density at radius 2 is 2.06 bits per heavy atom. The zero-order valence-corrected chi connectivity index (χ0v) is 20.5. The molecule has 3 aliphatic rings. The third-order valence-electron chi connectivity index (χ3n) is 7.34. The van der Waals surface area contributed by atoms with E-state index in [4.69, 9.17) is 21.1 Å². The summed E-state index contributed by atoms with van der Waals surface area (Å²) in [4.78, 5) is 29.8. The van der Waals surface area contributed by atoms with E-state index in [0.717, 1.165) is 18.4 Å². The largest absolute Gasteiger partial charge is 0.458 e. The quantitative estimate of drug-likeness (QED) is 0.482. The van der Waals surface area contributed by atoms with E-state index >= 15 is 0 Å². The van der Waals surface area contributed by atoms with Crippen LogP contribution in [-0.2, 0) is 19.1 Å². The standard InChI is InChI=1S/C26H32ClNO6/c1-14(9-18-7-6-17(27)13-28-18)21-12-22-26(3,34-22)8-4-5-16-10-19(20(29)11-23(30)33-21)25(32)15(2)24(16)31/h6-7,9-10,13,15-16,20-22,24,29,31H,4-5,8,11-12H2,1-3H3/b14-9+/t15-,16-,20+,21+,22+,24-,26-/m1/s1. The molecule has 1 aromatic heterocycles. The van der Waals surface area contributed by atoms with Crippen LogP contribution in [0.25, 0.3) is 6.08 Å². The van der Waals surface area contributed by atoms with Crippen LogP contribution in [0, 0.1) is 11.8 Å². The molecule has 2 N–H and O–H groups in total. The number of halogens is 1. The molecule has 0 unspecified atom stereocenters. The normalized spacial score (nSPS) is 37.2. The zero-order chi connectivity index (χ0) is 24.6. The Kier molecular flexibility index (Phi) is 7.29. The number of aromatic nitrogens is 1. The maximum Gasteiger partial charge on any atom is 0.309 e. The predicted octanol–water partition coefficient (Wildman–Crippen LogP) is 3.65. The van der Waals surface area contributed by atoms with Gasteiger partial charge in [-0.15, -0.1) is 0 Å². The smallest absolute Gasteiger partial charge is 0.309 e. The van der Waals surface area contributed by atoms with Gasteiger partial charge in [-0.25, -0.2) is 0 Å².